The minimum absolute atomic E-state index is 0.0456. The van der Waals surface area contributed by atoms with Gasteiger partial charge in [0.05, 0.1) is 21.3 Å². The van der Waals surface area contributed by atoms with E-state index in [0.717, 1.165) is 6.92 Å². The SMILES string of the molecule is CC(=O)OC(CS(=O)(=O)c1ccccc1)CS(=O)(=O)c1ccccc1. The van der Waals surface area contributed by atoms with E-state index in [0.29, 0.717) is 0 Å². The van der Waals surface area contributed by atoms with Crippen LogP contribution < -0.4 is 0 Å². The summed E-state index contributed by atoms with van der Waals surface area (Å²) in [6.45, 7) is 1.11. The normalized spacial score (nSPS) is 12.1. The molecule has 2 rings (SSSR count). The molecule has 0 amide bonds. The lowest BCUT2D eigenvalue weighted by atomic mass is 10.4. The van der Waals surface area contributed by atoms with Crippen molar-refractivity contribution in [2.45, 2.75) is 22.8 Å². The first-order valence-corrected chi connectivity index (χ1v) is 10.7. The number of hydrogen-bond acceptors (Lipinski definition) is 6. The second-order valence-corrected chi connectivity index (χ2v) is 9.49. The third-order valence-electron chi connectivity index (χ3n) is 3.35. The second-order valence-electron chi connectivity index (χ2n) is 5.42. The molecule has 0 aliphatic heterocycles. The molecule has 2 aromatic carbocycles. The Morgan fingerprint density at radius 3 is 1.48 bits per heavy atom. The van der Waals surface area contributed by atoms with Gasteiger partial charge >= 0.3 is 5.97 Å². The van der Waals surface area contributed by atoms with Crippen molar-refractivity contribution in [1.29, 1.82) is 0 Å². The van der Waals surface area contributed by atoms with Crippen molar-refractivity contribution in [2.75, 3.05) is 11.5 Å². The van der Waals surface area contributed by atoms with Crippen LogP contribution >= 0.6 is 0 Å². The first-order chi connectivity index (χ1) is 11.7. The molecule has 0 heterocycles. The van der Waals surface area contributed by atoms with Crippen LogP contribution in [0.15, 0.2) is 70.5 Å². The maximum absolute atomic E-state index is 12.5. The number of sulfone groups is 2. The second kappa shape index (κ2) is 7.79. The summed E-state index contributed by atoms with van der Waals surface area (Å²) in [6.07, 6.45) is -1.30. The van der Waals surface area contributed by atoms with Crippen molar-refractivity contribution in [1.82, 2.24) is 0 Å². The highest BCUT2D eigenvalue weighted by Crippen LogP contribution is 2.17. The van der Waals surface area contributed by atoms with E-state index in [1.165, 1.54) is 24.3 Å². The Labute approximate surface area is 147 Å². The van der Waals surface area contributed by atoms with Crippen LogP contribution in [0, 0.1) is 0 Å². The Morgan fingerprint density at radius 1 is 0.800 bits per heavy atom. The van der Waals surface area contributed by atoms with Gasteiger partial charge in [0.2, 0.25) is 0 Å². The average molecular weight is 382 g/mol. The van der Waals surface area contributed by atoms with Crippen molar-refractivity contribution in [3.05, 3.63) is 60.7 Å². The molecule has 0 bridgehead atoms. The number of carbonyl (C=O) groups excluding carboxylic acids is 1. The van der Waals surface area contributed by atoms with Gasteiger partial charge in [-0.25, -0.2) is 16.8 Å². The smallest absolute Gasteiger partial charge is 0.302 e. The van der Waals surface area contributed by atoms with E-state index in [9.17, 15) is 21.6 Å². The van der Waals surface area contributed by atoms with Gasteiger partial charge in [-0.2, -0.15) is 0 Å². The summed E-state index contributed by atoms with van der Waals surface area (Å²) in [5.74, 6) is -1.96. The van der Waals surface area contributed by atoms with Gasteiger partial charge in [0.1, 0.15) is 6.10 Å². The number of rotatable bonds is 7. The van der Waals surface area contributed by atoms with E-state index in [4.69, 9.17) is 4.74 Å². The standard InChI is InChI=1S/C17H18O6S2/c1-14(18)23-15(12-24(19,20)16-8-4-2-5-9-16)13-25(21,22)17-10-6-3-7-11-17/h2-11,15H,12-13H2,1H3. The minimum Gasteiger partial charge on any atom is -0.460 e. The molecule has 0 saturated carbocycles. The highest BCUT2D eigenvalue weighted by atomic mass is 32.2. The molecule has 6 nitrogen and oxygen atoms in total. The van der Waals surface area contributed by atoms with Crippen LogP contribution in [0.3, 0.4) is 0 Å². The van der Waals surface area contributed by atoms with Gasteiger partial charge in [-0.1, -0.05) is 36.4 Å². The van der Waals surface area contributed by atoms with Crippen molar-refractivity contribution < 1.29 is 26.4 Å². The predicted octanol–water partition coefficient (Wildman–Crippen LogP) is 1.87. The lowest BCUT2D eigenvalue weighted by Gasteiger charge is -2.17. The first kappa shape index (κ1) is 19.1. The molecule has 25 heavy (non-hydrogen) atoms. The highest BCUT2D eigenvalue weighted by molar-refractivity contribution is 7.92. The molecule has 0 aromatic heterocycles. The van der Waals surface area contributed by atoms with Crippen molar-refractivity contribution in [2.24, 2.45) is 0 Å². The molecular weight excluding hydrogens is 364 g/mol. The van der Waals surface area contributed by atoms with Crippen molar-refractivity contribution >= 4 is 25.6 Å². The number of esters is 1. The van der Waals surface area contributed by atoms with Crippen molar-refractivity contribution in [3.8, 4) is 0 Å². The van der Waals surface area contributed by atoms with Gasteiger partial charge in [0, 0.05) is 6.92 Å². The number of benzene rings is 2. The van der Waals surface area contributed by atoms with Gasteiger partial charge in [-0.3, -0.25) is 4.79 Å². The molecular formula is C17H18O6S2. The predicted molar refractivity (Wildman–Crippen MR) is 92.5 cm³/mol. The monoisotopic (exact) mass is 382 g/mol. The first-order valence-electron chi connectivity index (χ1n) is 7.43. The molecule has 0 fully saturated rings. The van der Waals surface area contributed by atoms with Gasteiger partial charge in [0.15, 0.2) is 19.7 Å². The van der Waals surface area contributed by atoms with Gasteiger partial charge in [-0.15, -0.1) is 0 Å². The lowest BCUT2D eigenvalue weighted by molar-refractivity contribution is -0.144. The summed E-state index contributed by atoms with van der Waals surface area (Å²) in [7, 11) is -7.60. The molecule has 134 valence electrons. The van der Waals surface area contributed by atoms with Crippen LogP contribution in [0.5, 0.6) is 0 Å². The molecule has 0 atom stereocenters. The summed E-state index contributed by atoms with van der Waals surface area (Å²) in [5, 5.41) is 0. The summed E-state index contributed by atoms with van der Waals surface area (Å²) in [5.41, 5.74) is 0. The zero-order valence-corrected chi connectivity index (χ0v) is 15.2. The van der Waals surface area contributed by atoms with Crippen LogP contribution in [0.4, 0.5) is 0 Å². The molecule has 2 aromatic rings. The van der Waals surface area contributed by atoms with Crippen LogP contribution in [0.1, 0.15) is 6.92 Å². The largest absolute Gasteiger partial charge is 0.460 e. The van der Waals surface area contributed by atoms with E-state index in [-0.39, 0.29) is 9.79 Å². The number of carbonyl (C=O) groups is 1. The average Bonchev–Trinajstić information content (AvgIpc) is 2.55. The highest BCUT2D eigenvalue weighted by Gasteiger charge is 2.29. The summed E-state index contributed by atoms with van der Waals surface area (Å²) < 4.78 is 54.8. The molecule has 8 heteroatoms. The third kappa shape index (κ3) is 5.40. The van der Waals surface area contributed by atoms with Gasteiger partial charge in [-0.05, 0) is 24.3 Å². The third-order valence-corrected chi connectivity index (χ3v) is 6.95. The van der Waals surface area contributed by atoms with Gasteiger partial charge in [0.25, 0.3) is 0 Å². The topological polar surface area (TPSA) is 94.6 Å². The van der Waals surface area contributed by atoms with Crippen LogP contribution in [0.2, 0.25) is 0 Å². The Bertz CT molecular complexity index is 848. The Hall–Kier alpha value is -2.19. The molecule has 0 N–H and O–H groups in total. The maximum atomic E-state index is 12.5. The molecule has 0 radical (unpaired) electrons. The van der Waals surface area contributed by atoms with E-state index in [2.05, 4.69) is 0 Å². The van der Waals surface area contributed by atoms with E-state index >= 15 is 0 Å². The van der Waals surface area contributed by atoms with Crippen LogP contribution in [0.25, 0.3) is 0 Å². The van der Waals surface area contributed by atoms with Gasteiger partial charge < -0.3 is 4.74 Å². The lowest BCUT2D eigenvalue weighted by Crippen LogP contribution is -2.33. The number of hydrogen-bond donors (Lipinski definition) is 0. The van der Waals surface area contributed by atoms with Crippen LogP contribution in [-0.2, 0) is 29.2 Å². The molecule has 0 saturated heterocycles. The zero-order valence-electron chi connectivity index (χ0n) is 13.5. The maximum Gasteiger partial charge on any atom is 0.302 e. The molecule has 0 unspecified atom stereocenters. The molecule has 0 aliphatic rings. The molecule has 0 spiro atoms. The fraction of sp³-hybridized carbons (Fsp3) is 0.235. The summed E-state index contributed by atoms with van der Waals surface area (Å²) in [6, 6.07) is 15.2. The zero-order chi connectivity index (χ0) is 18.5. The number of ether oxygens (including phenoxy) is 1. The van der Waals surface area contributed by atoms with E-state index in [1.54, 1.807) is 36.4 Å². The Kier molecular flexibility index (Phi) is 5.97. The summed E-state index contributed by atoms with van der Waals surface area (Å²) in [4.78, 5) is 11.4. The molecule has 0 aliphatic carbocycles. The Morgan fingerprint density at radius 2 is 1.16 bits per heavy atom. The van der Waals surface area contributed by atoms with Crippen LogP contribution in [-0.4, -0.2) is 40.4 Å². The minimum atomic E-state index is -3.80. The fourth-order valence-electron chi connectivity index (χ4n) is 2.29. The van der Waals surface area contributed by atoms with E-state index in [1.807, 2.05) is 0 Å². The summed E-state index contributed by atoms with van der Waals surface area (Å²) >= 11 is 0. The quantitative estimate of drug-likeness (QED) is 0.679. The fourth-order valence-corrected chi connectivity index (χ4v) is 5.32. The van der Waals surface area contributed by atoms with Crippen molar-refractivity contribution in [3.63, 3.8) is 0 Å². The Balaban J connectivity index is 2.27. The van der Waals surface area contributed by atoms with E-state index < -0.39 is 43.3 Å².